The average Bonchev–Trinajstić information content (AvgIpc) is 2.92. The number of hydrogen-bond acceptors (Lipinski definition) is 3. The van der Waals surface area contributed by atoms with Crippen molar-refractivity contribution in [3.8, 4) is 0 Å². The van der Waals surface area contributed by atoms with Crippen LogP contribution in [0.3, 0.4) is 0 Å². The predicted molar refractivity (Wildman–Crippen MR) is 52.7 cm³/mol. The van der Waals surface area contributed by atoms with Crippen LogP contribution in [0.5, 0.6) is 0 Å². The van der Waals surface area contributed by atoms with E-state index in [1.165, 1.54) is 0 Å². The molecule has 3 rings (SSSR count). The lowest BCUT2D eigenvalue weighted by atomic mass is 9.66. The summed E-state index contributed by atoms with van der Waals surface area (Å²) >= 11 is 0. The molecule has 1 spiro atoms. The topological polar surface area (TPSA) is 46.7 Å². The Labute approximate surface area is 88.5 Å². The SMILES string of the molecule is CC(C)(C)C1C(=O)C(=O)C2=C(O2)C12CC2. The maximum Gasteiger partial charge on any atom is 0.267 e. The van der Waals surface area contributed by atoms with E-state index in [0.29, 0.717) is 5.76 Å². The summed E-state index contributed by atoms with van der Waals surface area (Å²) in [6.07, 6.45) is 1.99. The highest BCUT2D eigenvalue weighted by molar-refractivity contribution is 6.46. The number of carbonyl (C=O) groups is 2. The summed E-state index contributed by atoms with van der Waals surface area (Å²) in [6, 6.07) is 0. The Morgan fingerprint density at radius 1 is 1.27 bits per heavy atom. The minimum absolute atomic E-state index is 0.0986. The van der Waals surface area contributed by atoms with Crippen LogP contribution in [-0.2, 0) is 14.3 Å². The van der Waals surface area contributed by atoms with Gasteiger partial charge in [0.1, 0.15) is 0 Å². The molecule has 1 saturated carbocycles. The van der Waals surface area contributed by atoms with Gasteiger partial charge < -0.3 is 4.74 Å². The van der Waals surface area contributed by atoms with Crippen LogP contribution in [0.15, 0.2) is 11.5 Å². The molecule has 0 radical (unpaired) electrons. The number of fused-ring (bicyclic) bond motifs is 1. The molecule has 1 atom stereocenters. The second-order valence-corrected chi connectivity index (χ2v) is 5.91. The van der Waals surface area contributed by atoms with Gasteiger partial charge in [0.2, 0.25) is 11.5 Å². The van der Waals surface area contributed by atoms with Gasteiger partial charge in [-0.1, -0.05) is 20.8 Å². The highest BCUT2D eigenvalue weighted by Crippen LogP contribution is 2.69. The third-order valence-electron chi connectivity index (χ3n) is 3.72. The zero-order valence-corrected chi connectivity index (χ0v) is 9.22. The second kappa shape index (κ2) is 2.18. The Morgan fingerprint density at radius 3 is 2.33 bits per heavy atom. The van der Waals surface area contributed by atoms with Gasteiger partial charge in [0.25, 0.3) is 5.78 Å². The maximum absolute atomic E-state index is 12.0. The summed E-state index contributed by atoms with van der Waals surface area (Å²) in [7, 11) is 0. The van der Waals surface area contributed by atoms with Crippen LogP contribution in [0.2, 0.25) is 0 Å². The molecule has 0 N–H and O–H groups in total. The molecule has 3 heteroatoms. The van der Waals surface area contributed by atoms with Crippen LogP contribution in [-0.4, -0.2) is 11.6 Å². The van der Waals surface area contributed by atoms with Gasteiger partial charge in [-0.2, -0.15) is 0 Å². The molecule has 2 aliphatic carbocycles. The zero-order chi connectivity index (χ0) is 11.0. The molecular formula is C12H14O3. The number of rotatable bonds is 0. The van der Waals surface area contributed by atoms with Crippen LogP contribution in [0.1, 0.15) is 33.6 Å². The Morgan fingerprint density at radius 2 is 1.87 bits per heavy atom. The zero-order valence-electron chi connectivity index (χ0n) is 9.22. The van der Waals surface area contributed by atoms with Crippen molar-refractivity contribution in [3.63, 3.8) is 0 Å². The molecule has 80 valence electrons. The highest BCUT2D eigenvalue weighted by atomic mass is 16.6. The Bertz CT molecular complexity index is 419. The molecule has 1 fully saturated rings. The number of carbonyl (C=O) groups excluding carboxylic acids is 2. The first-order valence-electron chi connectivity index (χ1n) is 5.39. The van der Waals surface area contributed by atoms with E-state index in [-0.39, 0.29) is 22.5 Å². The quantitative estimate of drug-likeness (QED) is 0.568. The molecule has 3 aliphatic rings. The monoisotopic (exact) mass is 206 g/mol. The number of ether oxygens (including phenoxy) is 1. The summed E-state index contributed by atoms with van der Waals surface area (Å²) in [5, 5.41) is 0. The number of hydrogen-bond donors (Lipinski definition) is 0. The van der Waals surface area contributed by atoms with E-state index < -0.39 is 5.78 Å². The third kappa shape index (κ3) is 0.959. The van der Waals surface area contributed by atoms with E-state index in [4.69, 9.17) is 4.74 Å². The van der Waals surface area contributed by atoms with E-state index in [0.717, 1.165) is 18.6 Å². The minimum Gasteiger partial charge on any atom is -0.449 e. The molecular weight excluding hydrogens is 192 g/mol. The molecule has 0 aromatic carbocycles. The minimum atomic E-state index is -0.401. The van der Waals surface area contributed by atoms with E-state index in [9.17, 15) is 9.59 Å². The lowest BCUT2D eigenvalue weighted by Crippen LogP contribution is -2.41. The molecule has 3 nitrogen and oxygen atoms in total. The number of Topliss-reactive ketones (excluding diaryl/α,β-unsaturated/α-hetero) is 2. The molecule has 1 heterocycles. The van der Waals surface area contributed by atoms with E-state index in [1.54, 1.807) is 0 Å². The van der Waals surface area contributed by atoms with Gasteiger partial charge in [-0.3, -0.25) is 9.59 Å². The molecule has 0 amide bonds. The number of allylic oxidation sites excluding steroid dienone is 2. The first-order valence-corrected chi connectivity index (χ1v) is 5.39. The first kappa shape index (κ1) is 9.13. The van der Waals surface area contributed by atoms with Crippen LogP contribution >= 0.6 is 0 Å². The van der Waals surface area contributed by atoms with Crippen LogP contribution < -0.4 is 0 Å². The standard InChI is InChI=1S/C12H14O3/c1-11(2,3)9-7(14)6(13)8-10(15-8)12(9)4-5-12/h9H,4-5H2,1-3H3. The van der Waals surface area contributed by atoms with Crippen molar-refractivity contribution in [1.29, 1.82) is 0 Å². The van der Waals surface area contributed by atoms with Gasteiger partial charge >= 0.3 is 0 Å². The fourth-order valence-corrected chi connectivity index (χ4v) is 3.05. The van der Waals surface area contributed by atoms with Crippen LogP contribution in [0, 0.1) is 16.7 Å². The normalized spacial score (nSPS) is 31.5. The summed E-state index contributed by atoms with van der Waals surface area (Å²) in [4.78, 5) is 23.6. The molecule has 1 unspecified atom stereocenters. The Balaban J connectivity index is 2.11. The predicted octanol–water partition coefficient (Wildman–Crippen LogP) is 1.82. The van der Waals surface area contributed by atoms with Crippen molar-refractivity contribution in [1.82, 2.24) is 0 Å². The smallest absolute Gasteiger partial charge is 0.267 e. The highest BCUT2D eigenvalue weighted by Gasteiger charge is 2.69. The van der Waals surface area contributed by atoms with Crippen molar-refractivity contribution in [2.45, 2.75) is 33.6 Å². The summed E-state index contributed by atoms with van der Waals surface area (Å²) in [5.41, 5.74) is -0.258. The maximum atomic E-state index is 12.0. The third-order valence-corrected chi connectivity index (χ3v) is 3.72. The fraction of sp³-hybridized carbons (Fsp3) is 0.667. The van der Waals surface area contributed by atoms with Gasteiger partial charge in [0.05, 0.1) is 0 Å². The Hall–Kier alpha value is -1.12. The lowest BCUT2D eigenvalue weighted by molar-refractivity contribution is -0.141. The largest absolute Gasteiger partial charge is 0.449 e. The fourth-order valence-electron chi connectivity index (χ4n) is 3.05. The van der Waals surface area contributed by atoms with Crippen LogP contribution in [0.25, 0.3) is 0 Å². The van der Waals surface area contributed by atoms with Crippen molar-refractivity contribution in [2.75, 3.05) is 0 Å². The molecule has 0 saturated heterocycles. The van der Waals surface area contributed by atoms with Crippen molar-refractivity contribution >= 4 is 11.6 Å². The van der Waals surface area contributed by atoms with E-state index >= 15 is 0 Å². The summed E-state index contributed by atoms with van der Waals surface area (Å²) in [6.45, 7) is 6.07. The van der Waals surface area contributed by atoms with E-state index in [1.807, 2.05) is 20.8 Å². The molecule has 15 heavy (non-hydrogen) atoms. The Kier molecular flexibility index (Phi) is 1.33. The van der Waals surface area contributed by atoms with Crippen LogP contribution in [0.4, 0.5) is 0 Å². The summed E-state index contributed by atoms with van der Waals surface area (Å²) in [5.74, 6) is 0.363. The first-order chi connectivity index (χ1) is 6.88. The van der Waals surface area contributed by atoms with Gasteiger partial charge in [-0.15, -0.1) is 0 Å². The van der Waals surface area contributed by atoms with Crippen molar-refractivity contribution in [2.24, 2.45) is 16.7 Å². The molecule has 1 aliphatic heterocycles. The van der Waals surface area contributed by atoms with Crippen molar-refractivity contribution < 1.29 is 14.3 Å². The summed E-state index contributed by atoms with van der Waals surface area (Å²) < 4.78 is 5.23. The lowest BCUT2D eigenvalue weighted by Gasteiger charge is -2.34. The van der Waals surface area contributed by atoms with E-state index in [2.05, 4.69) is 0 Å². The van der Waals surface area contributed by atoms with Gasteiger partial charge in [0, 0.05) is 11.3 Å². The average molecular weight is 206 g/mol. The van der Waals surface area contributed by atoms with Gasteiger partial charge in [-0.25, -0.2) is 0 Å². The molecule has 0 aromatic rings. The van der Waals surface area contributed by atoms with Gasteiger partial charge in [0.15, 0.2) is 5.76 Å². The van der Waals surface area contributed by atoms with Gasteiger partial charge in [-0.05, 0) is 18.3 Å². The molecule has 0 bridgehead atoms. The number of ketones is 2. The second-order valence-electron chi connectivity index (χ2n) is 5.91. The van der Waals surface area contributed by atoms with Crippen molar-refractivity contribution in [3.05, 3.63) is 11.5 Å². The molecule has 0 aromatic heterocycles.